The van der Waals surface area contributed by atoms with Gasteiger partial charge in [-0.15, -0.1) is 0 Å². The van der Waals surface area contributed by atoms with Crippen LogP contribution in [-0.4, -0.2) is 18.7 Å². The first-order chi connectivity index (χ1) is 17.0. The molecule has 0 spiro atoms. The number of hydrazone groups is 1. The zero-order valence-corrected chi connectivity index (χ0v) is 21.0. The first-order valence-corrected chi connectivity index (χ1v) is 12.0. The van der Waals surface area contributed by atoms with Crippen molar-refractivity contribution >= 4 is 50.1 Å². The molecule has 4 aromatic carbocycles. The minimum atomic E-state index is -0.167. The van der Waals surface area contributed by atoms with Gasteiger partial charge >= 0.3 is 0 Å². The molecule has 0 aliphatic carbocycles. The van der Waals surface area contributed by atoms with E-state index in [0.29, 0.717) is 29.4 Å². The van der Waals surface area contributed by atoms with E-state index in [1.165, 1.54) is 10.4 Å². The van der Waals surface area contributed by atoms with E-state index in [2.05, 4.69) is 45.3 Å². The number of hydrogen-bond donors (Lipinski definition) is 0. The van der Waals surface area contributed by atoms with Crippen LogP contribution in [0.25, 0.3) is 16.8 Å². The first-order valence-electron chi connectivity index (χ1n) is 11.2. The molecule has 0 saturated heterocycles. The number of hydrogen-bond acceptors (Lipinski definition) is 4. The smallest absolute Gasteiger partial charge is 0.280 e. The number of methoxy groups -OCH3 is 1. The fourth-order valence-corrected chi connectivity index (χ4v) is 4.70. The minimum absolute atomic E-state index is 0.167. The molecule has 0 bridgehead atoms. The second-order valence-electron chi connectivity index (χ2n) is 8.16. The van der Waals surface area contributed by atoms with Crippen LogP contribution in [0.3, 0.4) is 0 Å². The number of rotatable bonds is 6. The fourth-order valence-electron chi connectivity index (χ4n) is 4.13. The van der Waals surface area contributed by atoms with Gasteiger partial charge in [0, 0.05) is 0 Å². The topological polar surface area (TPSA) is 51.1 Å². The second kappa shape index (κ2) is 9.76. The number of anilines is 1. The Labute approximate surface area is 212 Å². The lowest BCUT2D eigenvalue weighted by atomic mass is 10.1. The number of para-hydroxylation sites is 1. The number of carbonyl (C=O) groups excluding carboxylic acids is 1. The summed E-state index contributed by atoms with van der Waals surface area (Å²) in [5.74, 6) is 1.02. The molecule has 5 rings (SSSR count). The zero-order chi connectivity index (χ0) is 24.4. The van der Waals surface area contributed by atoms with Crippen LogP contribution in [0.4, 0.5) is 5.69 Å². The summed E-state index contributed by atoms with van der Waals surface area (Å²) < 4.78 is 12.6. The van der Waals surface area contributed by atoms with Crippen molar-refractivity contribution in [2.45, 2.75) is 13.5 Å². The predicted molar refractivity (Wildman–Crippen MR) is 144 cm³/mol. The first kappa shape index (κ1) is 22.9. The maximum absolute atomic E-state index is 13.1. The average molecular weight is 527 g/mol. The Hall–Kier alpha value is -3.90. The van der Waals surface area contributed by atoms with Gasteiger partial charge in [-0.1, -0.05) is 60.7 Å². The molecule has 1 aliphatic heterocycles. The highest BCUT2D eigenvalue weighted by Gasteiger charge is 2.28. The van der Waals surface area contributed by atoms with Crippen molar-refractivity contribution in [3.8, 4) is 11.5 Å². The molecular formula is C29H23BrN2O3. The summed E-state index contributed by atoms with van der Waals surface area (Å²) in [4.78, 5) is 13.1. The molecule has 1 amide bonds. The number of fused-ring (bicyclic) bond motifs is 1. The Morgan fingerprint density at radius 1 is 0.971 bits per heavy atom. The van der Waals surface area contributed by atoms with E-state index in [1.807, 2.05) is 73.7 Å². The van der Waals surface area contributed by atoms with Gasteiger partial charge in [0.05, 0.1) is 28.6 Å². The Kier molecular flexibility index (Phi) is 6.38. The van der Waals surface area contributed by atoms with E-state index in [4.69, 9.17) is 9.47 Å². The molecule has 174 valence electrons. The Balaban J connectivity index is 1.42. The molecule has 4 aromatic rings. The monoisotopic (exact) mass is 526 g/mol. The molecule has 35 heavy (non-hydrogen) atoms. The van der Waals surface area contributed by atoms with Gasteiger partial charge in [0.1, 0.15) is 6.61 Å². The van der Waals surface area contributed by atoms with Crippen LogP contribution in [-0.2, 0) is 11.4 Å². The molecule has 6 heteroatoms. The molecular weight excluding hydrogens is 504 g/mol. The quantitative estimate of drug-likeness (QED) is 0.254. The third kappa shape index (κ3) is 4.57. The molecule has 0 unspecified atom stereocenters. The number of nitrogens with zero attached hydrogens (tertiary/aromatic N) is 2. The fraction of sp³-hybridized carbons (Fsp3) is 0.103. The van der Waals surface area contributed by atoms with Crippen LogP contribution in [0.15, 0.2) is 100 Å². The van der Waals surface area contributed by atoms with Crippen molar-refractivity contribution in [1.82, 2.24) is 0 Å². The van der Waals surface area contributed by atoms with Crippen molar-refractivity contribution in [1.29, 1.82) is 0 Å². The van der Waals surface area contributed by atoms with Crippen molar-refractivity contribution in [3.63, 3.8) is 0 Å². The van der Waals surface area contributed by atoms with Crippen LogP contribution in [0.2, 0.25) is 0 Å². The summed E-state index contributed by atoms with van der Waals surface area (Å²) in [5, 5.41) is 8.21. The standard InChI is InChI=1S/C29H23BrN2O3/c1-19-25(29(33)32(31-19)23-12-4-3-5-13-23)15-20-16-26(30)28(27(17-20)34-2)35-18-22-11-8-10-21-9-6-7-14-24(21)22/h3-17H,18H2,1-2H3/b25-15-. The van der Waals surface area contributed by atoms with E-state index in [0.717, 1.165) is 26.7 Å². The molecule has 0 fully saturated rings. The van der Waals surface area contributed by atoms with Gasteiger partial charge < -0.3 is 9.47 Å². The van der Waals surface area contributed by atoms with E-state index in [-0.39, 0.29) is 5.91 Å². The highest BCUT2D eigenvalue weighted by molar-refractivity contribution is 9.10. The summed E-state index contributed by atoms with van der Waals surface area (Å²) in [6.07, 6.45) is 1.83. The van der Waals surface area contributed by atoms with Crippen molar-refractivity contribution in [3.05, 3.63) is 106 Å². The summed E-state index contributed by atoms with van der Waals surface area (Å²) in [5.41, 5.74) is 3.82. The summed E-state index contributed by atoms with van der Waals surface area (Å²) >= 11 is 3.63. The number of amides is 1. The normalized spacial score (nSPS) is 14.5. The second-order valence-corrected chi connectivity index (χ2v) is 9.01. The van der Waals surface area contributed by atoms with E-state index in [1.54, 1.807) is 7.11 Å². The highest BCUT2D eigenvalue weighted by atomic mass is 79.9. The molecule has 5 nitrogen and oxygen atoms in total. The number of ether oxygens (including phenoxy) is 2. The third-order valence-corrected chi connectivity index (χ3v) is 6.47. The summed E-state index contributed by atoms with van der Waals surface area (Å²) in [7, 11) is 1.61. The van der Waals surface area contributed by atoms with Crippen LogP contribution in [0.1, 0.15) is 18.1 Å². The Morgan fingerprint density at radius 3 is 2.51 bits per heavy atom. The maximum Gasteiger partial charge on any atom is 0.280 e. The Morgan fingerprint density at radius 2 is 1.71 bits per heavy atom. The molecule has 0 saturated carbocycles. The average Bonchev–Trinajstić information content (AvgIpc) is 3.16. The molecule has 0 radical (unpaired) electrons. The molecule has 1 heterocycles. The molecule has 1 aliphatic rings. The number of halogens is 1. The third-order valence-electron chi connectivity index (χ3n) is 5.88. The van der Waals surface area contributed by atoms with E-state index < -0.39 is 0 Å². The van der Waals surface area contributed by atoms with Gasteiger partial charge in [-0.2, -0.15) is 10.1 Å². The summed E-state index contributed by atoms with van der Waals surface area (Å²) in [6, 6.07) is 27.6. The Bertz CT molecular complexity index is 1470. The lowest BCUT2D eigenvalue weighted by molar-refractivity contribution is -0.114. The van der Waals surface area contributed by atoms with Crippen molar-refractivity contribution < 1.29 is 14.3 Å². The summed E-state index contributed by atoms with van der Waals surface area (Å²) in [6.45, 7) is 2.23. The lowest BCUT2D eigenvalue weighted by Gasteiger charge is -2.15. The largest absolute Gasteiger partial charge is 0.493 e. The number of carbonyl (C=O) groups is 1. The van der Waals surface area contributed by atoms with E-state index in [9.17, 15) is 4.79 Å². The molecule has 0 N–H and O–H groups in total. The number of benzene rings is 4. The SMILES string of the molecule is COc1cc(/C=C2\C(=O)N(c3ccccc3)N=C2C)cc(Br)c1OCc1cccc2ccccc12. The maximum atomic E-state index is 13.1. The van der Waals surface area contributed by atoms with Gasteiger partial charge in [-0.3, -0.25) is 4.79 Å². The van der Waals surface area contributed by atoms with Gasteiger partial charge in [0.2, 0.25) is 0 Å². The van der Waals surface area contributed by atoms with Crippen molar-refractivity contribution in [2.75, 3.05) is 12.1 Å². The lowest BCUT2D eigenvalue weighted by Crippen LogP contribution is -2.21. The van der Waals surface area contributed by atoms with Gasteiger partial charge in [-0.05, 0) is 75.1 Å². The zero-order valence-electron chi connectivity index (χ0n) is 19.4. The molecule has 0 atom stereocenters. The van der Waals surface area contributed by atoms with Crippen LogP contribution in [0, 0.1) is 0 Å². The van der Waals surface area contributed by atoms with Gasteiger partial charge in [-0.25, -0.2) is 0 Å². The van der Waals surface area contributed by atoms with E-state index >= 15 is 0 Å². The molecule has 0 aromatic heterocycles. The van der Waals surface area contributed by atoms with Gasteiger partial charge in [0.25, 0.3) is 5.91 Å². The van der Waals surface area contributed by atoms with Crippen LogP contribution >= 0.6 is 15.9 Å². The van der Waals surface area contributed by atoms with Crippen LogP contribution < -0.4 is 14.5 Å². The minimum Gasteiger partial charge on any atom is -0.493 e. The highest BCUT2D eigenvalue weighted by Crippen LogP contribution is 2.38. The van der Waals surface area contributed by atoms with Crippen LogP contribution in [0.5, 0.6) is 11.5 Å². The predicted octanol–water partition coefficient (Wildman–Crippen LogP) is 7.00. The van der Waals surface area contributed by atoms with Gasteiger partial charge in [0.15, 0.2) is 11.5 Å². The van der Waals surface area contributed by atoms with Crippen molar-refractivity contribution in [2.24, 2.45) is 5.10 Å².